The Kier molecular flexibility index (Phi) is 4.19. The highest BCUT2D eigenvalue weighted by atomic mass is 19.1. The first-order valence-electron chi connectivity index (χ1n) is 8.12. The number of Topliss-reactive ketones (excluding diaryl/α,β-unsaturated/α-hetero) is 1. The maximum absolute atomic E-state index is 13.5. The SMILES string of the molecule is COc1ccc(OC)c(C(=O)C2C(c3ccc(F)c(N)c3)C2(C)C)c1. The summed E-state index contributed by atoms with van der Waals surface area (Å²) in [5.41, 5.74) is 6.93. The molecule has 5 heteroatoms. The van der Waals surface area contributed by atoms with Gasteiger partial charge in [0.25, 0.3) is 0 Å². The van der Waals surface area contributed by atoms with E-state index in [0.717, 1.165) is 5.56 Å². The van der Waals surface area contributed by atoms with Crippen molar-refractivity contribution in [1.82, 2.24) is 0 Å². The van der Waals surface area contributed by atoms with E-state index in [-0.39, 0.29) is 28.7 Å². The van der Waals surface area contributed by atoms with E-state index in [0.29, 0.717) is 17.1 Å². The van der Waals surface area contributed by atoms with Crippen molar-refractivity contribution in [2.24, 2.45) is 11.3 Å². The number of anilines is 1. The molecule has 0 spiro atoms. The van der Waals surface area contributed by atoms with Gasteiger partial charge in [0, 0.05) is 11.8 Å². The Labute approximate surface area is 146 Å². The highest BCUT2D eigenvalue weighted by Gasteiger charge is 2.62. The van der Waals surface area contributed by atoms with Gasteiger partial charge >= 0.3 is 0 Å². The number of rotatable bonds is 5. The van der Waals surface area contributed by atoms with Gasteiger partial charge < -0.3 is 15.2 Å². The van der Waals surface area contributed by atoms with E-state index in [1.165, 1.54) is 13.2 Å². The molecule has 1 aliphatic rings. The molecule has 0 radical (unpaired) electrons. The normalized spacial score (nSPS) is 20.8. The summed E-state index contributed by atoms with van der Waals surface area (Å²) in [6, 6.07) is 9.86. The minimum Gasteiger partial charge on any atom is -0.497 e. The molecule has 0 heterocycles. The summed E-state index contributed by atoms with van der Waals surface area (Å²) in [6.07, 6.45) is 0. The molecule has 3 rings (SSSR count). The van der Waals surface area contributed by atoms with E-state index in [4.69, 9.17) is 15.2 Å². The topological polar surface area (TPSA) is 61.5 Å². The van der Waals surface area contributed by atoms with Crippen LogP contribution < -0.4 is 15.2 Å². The van der Waals surface area contributed by atoms with Crippen LogP contribution in [0, 0.1) is 17.2 Å². The Morgan fingerprint density at radius 1 is 1.12 bits per heavy atom. The van der Waals surface area contributed by atoms with Crippen LogP contribution in [0.1, 0.15) is 35.7 Å². The number of nitrogens with two attached hydrogens (primary N) is 1. The molecule has 0 aromatic heterocycles. The third-order valence-electron chi connectivity index (χ3n) is 5.16. The van der Waals surface area contributed by atoms with Crippen molar-refractivity contribution in [1.29, 1.82) is 0 Å². The molecule has 0 bridgehead atoms. The summed E-state index contributed by atoms with van der Waals surface area (Å²) in [5.74, 6) is 0.432. The Hall–Kier alpha value is -2.56. The number of carbonyl (C=O) groups excluding carboxylic acids is 1. The van der Waals surface area contributed by atoms with Gasteiger partial charge in [0.05, 0.1) is 25.5 Å². The number of halogens is 1. The minimum absolute atomic E-state index is 0.00588. The molecule has 1 fully saturated rings. The van der Waals surface area contributed by atoms with Crippen molar-refractivity contribution in [3.63, 3.8) is 0 Å². The zero-order chi connectivity index (χ0) is 18.4. The van der Waals surface area contributed by atoms with Crippen LogP contribution in [0.2, 0.25) is 0 Å². The minimum atomic E-state index is -0.445. The van der Waals surface area contributed by atoms with Gasteiger partial charge in [0.1, 0.15) is 17.3 Å². The average molecular weight is 343 g/mol. The van der Waals surface area contributed by atoms with Crippen LogP contribution in [0.15, 0.2) is 36.4 Å². The Bertz CT molecular complexity index is 832. The number of nitrogen functional groups attached to an aromatic ring is 1. The maximum atomic E-state index is 13.5. The summed E-state index contributed by atoms with van der Waals surface area (Å²) >= 11 is 0. The third-order valence-corrected chi connectivity index (χ3v) is 5.16. The van der Waals surface area contributed by atoms with Crippen molar-refractivity contribution in [2.75, 3.05) is 20.0 Å². The van der Waals surface area contributed by atoms with Crippen LogP contribution in [-0.4, -0.2) is 20.0 Å². The Morgan fingerprint density at radius 3 is 2.44 bits per heavy atom. The average Bonchev–Trinajstić information content (AvgIpc) is 3.18. The fourth-order valence-electron chi connectivity index (χ4n) is 3.68. The lowest BCUT2D eigenvalue weighted by atomic mass is 10.0. The third kappa shape index (κ3) is 2.84. The molecule has 0 amide bonds. The van der Waals surface area contributed by atoms with E-state index in [9.17, 15) is 9.18 Å². The molecule has 132 valence electrons. The lowest BCUT2D eigenvalue weighted by Crippen LogP contribution is -2.09. The second kappa shape index (κ2) is 6.06. The second-order valence-electron chi connectivity index (χ2n) is 6.99. The quantitative estimate of drug-likeness (QED) is 0.657. The maximum Gasteiger partial charge on any atom is 0.170 e. The molecule has 2 unspecified atom stereocenters. The molecule has 2 aromatic rings. The van der Waals surface area contributed by atoms with Gasteiger partial charge in [0.15, 0.2) is 5.78 Å². The van der Waals surface area contributed by atoms with Crippen LogP contribution in [0.3, 0.4) is 0 Å². The molecule has 0 aliphatic heterocycles. The Morgan fingerprint density at radius 2 is 1.84 bits per heavy atom. The van der Waals surface area contributed by atoms with Gasteiger partial charge in [-0.15, -0.1) is 0 Å². The zero-order valence-electron chi connectivity index (χ0n) is 14.8. The highest BCUT2D eigenvalue weighted by Crippen LogP contribution is 2.65. The van der Waals surface area contributed by atoms with Crippen molar-refractivity contribution in [3.05, 3.63) is 53.3 Å². The first-order valence-corrected chi connectivity index (χ1v) is 8.12. The standard InChI is InChI=1S/C20H22FNO3/c1-20(2)17(11-5-7-14(21)15(22)9-11)18(20)19(23)13-10-12(24-3)6-8-16(13)25-4/h5-10,17-18H,22H2,1-4H3. The highest BCUT2D eigenvalue weighted by molar-refractivity contribution is 6.04. The van der Waals surface area contributed by atoms with Gasteiger partial charge in [0.2, 0.25) is 0 Å². The number of hydrogen-bond donors (Lipinski definition) is 1. The zero-order valence-corrected chi connectivity index (χ0v) is 14.8. The molecule has 2 atom stereocenters. The fourth-order valence-corrected chi connectivity index (χ4v) is 3.68. The molecule has 0 saturated heterocycles. The first kappa shape index (κ1) is 17.3. The number of benzene rings is 2. The molecule has 2 aromatic carbocycles. The van der Waals surface area contributed by atoms with E-state index in [2.05, 4.69) is 0 Å². The number of ketones is 1. The first-order chi connectivity index (χ1) is 11.8. The van der Waals surface area contributed by atoms with Crippen molar-refractivity contribution >= 4 is 11.5 Å². The lowest BCUT2D eigenvalue weighted by molar-refractivity contribution is 0.0948. The molecule has 1 saturated carbocycles. The van der Waals surface area contributed by atoms with Crippen molar-refractivity contribution < 1.29 is 18.7 Å². The molecule has 25 heavy (non-hydrogen) atoms. The van der Waals surface area contributed by atoms with E-state index < -0.39 is 5.82 Å². The van der Waals surface area contributed by atoms with Crippen LogP contribution >= 0.6 is 0 Å². The van der Waals surface area contributed by atoms with Crippen LogP contribution in [0.25, 0.3) is 0 Å². The van der Waals surface area contributed by atoms with Crippen molar-refractivity contribution in [3.8, 4) is 11.5 Å². The van der Waals surface area contributed by atoms with E-state index in [1.54, 1.807) is 37.4 Å². The van der Waals surface area contributed by atoms with Gasteiger partial charge in [-0.3, -0.25) is 4.79 Å². The summed E-state index contributed by atoms with van der Waals surface area (Å²) in [6.45, 7) is 4.07. The number of methoxy groups -OCH3 is 2. The Balaban J connectivity index is 1.96. The number of carbonyl (C=O) groups is 1. The molecule has 4 nitrogen and oxygen atoms in total. The summed E-state index contributed by atoms with van der Waals surface area (Å²) in [5, 5.41) is 0. The molecular formula is C20H22FNO3. The predicted molar refractivity (Wildman–Crippen MR) is 94.7 cm³/mol. The lowest BCUT2D eigenvalue weighted by Gasteiger charge is -2.10. The summed E-state index contributed by atoms with van der Waals surface area (Å²) in [7, 11) is 3.09. The van der Waals surface area contributed by atoms with Gasteiger partial charge in [-0.25, -0.2) is 4.39 Å². The molecular weight excluding hydrogens is 321 g/mol. The van der Waals surface area contributed by atoms with Gasteiger partial charge in [-0.05, 0) is 41.3 Å². The van der Waals surface area contributed by atoms with E-state index >= 15 is 0 Å². The van der Waals surface area contributed by atoms with Crippen LogP contribution in [-0.2, 0) is 0 Å². The number of hydrogen-bond acceptors (Lipinski definition) is 4. The van der Waals surface area contributed by atoms with Crippen molar-refractivity contribution in [2.45, 2.75) is 19.8 Å². The fraction of sp³-hybridized carbons (Fsp3) is 0.350. The van der Waals surface area contributed by atoms with Crippen LogP contribution in [0.4, 0.5) is 10.1 Å². The molecule has 2 N–H and O–H groups in total. The number of ether oxygens (including phenoxy) is 2. The predicted octanol–water partition coefficient (Wildman–Crippen LogP) is 4.05. The summed E-state index contributed by atoms with van der Waals surface area (Å²) < 4.78 is 24.0. The van der Waals surface area contributed by atoms with Gasteiger partial charge in [-0.1, -0.05) is 19.9 Å². The molecule has 1 aliphatic carbocycles. The largest absolute Gasteiger partial charge is 0.497 e. The monoisotopic (exact) mass is 343 g/mol. The summed E-state index contributed by atoms with van der Waals surface area (Å²) in [4.78, 5) is 13.2. The smallest absolute Gasteiger partial charge is 0.170 e. The van der Waals surface area contributed by atoms with Crippen LogP contribution in [0.5, 0.6) is 11.5 Å². The van der Waals surface area contributed by atoms with E-state index in [1.807, 2.05) is 13.8 Å². The van der Waals surface area contributed by atoms with Gasteiger partial charge in [-0.2, -0.15) is 0 Å². The second-order valence-corrected chi connectivity index (χ2v) is 6.99.